The van der Waals surface area contributed by atoms with Crippen molar-refractivity contribution in [2.24, 2.45) is 0 Å². The van der Waals surface area contributed by atoms with Crippen LogP contribution in [0.25, 0.3) is 11.7 Å². The predicted molar refractivity (Wildman–Crippen MR) is 174 cm³/mol. The Hall–Kier alpha value is -4.15. The van der Waals surface area contributed by atoms with Gasteiger partial charge >= 0.3 is 0 Å². The highest BCUT2D eigenvalue weighted by atomic mass is 32.2. The zero-order valence-electron chi connectivity index (χ0n) is 23.7. The summed E-state index contributed by atoms with van der Waals surface area (Å²) in [4.78, 5) is 39.0. The number of hydrogen-bond acceptors (Lipinski definition) is 8. The van der Waals surface area contributed by atoms with Crippen LogP contribution in [0.4, 0.5) is 11.5 Å². The molecule has 8 nitrogen and oxygen atoms in total. The van der Waals surface area contributed by atoms with Crippen LogP contribution in [0.2, 0.25) is 0 Å². The lowest BCUT2D eigenvalue weighted by Crippen LogP contribution is -2.47. The number of thiocarbonyl (C=S) groups is 1. The Balaban J connectivity index is 1.33. The van der Waals surface area contributed by atoms with E-state index in [1.807, 2.05) is 62.4 Å². The molecule has 0 N–H and O–H groups in total. The van der Waals surface area contributed by atoms with Gasteiger partial charge in [0.15, 0.2) is 0 Å². The van der Waals surface area contributed by atoms with Gasteiger partial charge in [-0.2, -0.15) is 0 Å². The fourth-order valence-electron chi connectivity index (χ4n) is 5.28. The number of carbonyl (C=O) groups is 1. The summed E-state index contributed by atoms with van der Waals surface area (Å²) < 4.78 is 7.34. The molecule has 42 heavy (non-hydrogen) atoms. The normalized spacial score (nSPS) is 16.6. The third-order valence-electron chi connectivity index (χ3n) is 7.69. The minimum Gasteiger partial charge on any atom is -0.497 e. The van der Waals surface area contributed by atoms with Crippen LogP contribution in [0.5, 0.6) is 5.75 Å². The van der Waals surface area contributed by atoms with Gasteiger partial charge in [0.05, 0.1) is 24.1 Å². The van der Waals surface area contributed by atoms with E-state index in [0.717, 1.165) is 41.2 Å². The number of amides is 1. The van der Waals surface area contributed by atoms with E-state index >= 15 is 0 Å². The van der Waals surface area contributed by atoms with Gasteiger partial charge in [0.2, 0.25) is 0 Å². The summed E-state index contributed by atoms with van der Waals surface area (Å²) in [6.07, 6.45) is 3.41. The van der Waals surface area contributed by atoms with Crippen molar-refractivity contribution in [3.8, 4) is 5.75 Å². The largest absolute Gasteiger partial charge is 0.497 e. The maximum atomic E-state index is 13.9. The Kier molecular flexibility index (Phi) is 7.74. The van der Waals surface area contributed by atoms with Crippen LogP contribution in [0.15, 0.2) is 76.6 Å². The third-order valence-corrected chi connectivity index (χ3v) is 9.07. The number of anilines is 2. The van der Waals surface area contributed by atoms with Crippen LogP contribution in [0.1, 0.15) is 22.3 Å². The first-order valence-electron chi connectivity index (χ1n) is 13.8. The summed E-state index contributed by atoms with van der Waals surface area (Å²) in [6.45, 7) is 7.24. The molecule has 4 aromatic rings. The zero-order valence-corrected chi connectivity index (χ0v) is 25.4. The number of ether oxygens (including phenoxy) is 1. The average molecular weight is 598 g/mol. The Labute approximate surface area is 254 Å². The van der Waals surface area contributed by atoms with Gasteiger partial charge < -0.3 is 14.5 Å². The first-order valence-corrected chi connectivity index (χ1v) is 15.0. The number of thioether (sulfide) groups is 1. The van der Waals surface area contributed by atoms with E-state index in [4.69, 9.17) is 21.9 Å². The van der Waals surface area contributed by atoms with E-state index in [9.17, 15) is 9.59 Å². The van der Waals surface area contributed by atoms with Gasteiger partial charge in [-0.1, -0.05) is 59.9 Å². The van der Waals surface area contributed by atoms with Gasteiger partial charge in [-0.3, -0.25) is 18.9 Å². The molecule has 0 bridgehead atoms. The second-order valence-corrected chi connectivity index (χ2v) is 12.1. The van der Waals surface area contributed by atoms with Gasteiger partial charge in [-0.15, -0.1) is 0 Å². The number of aryl methyl sites for hydroxylation is 2. The second-order valence-electron chi connectivity index (χ2n) is 10.5. The van der Waals surface area contributed by atoms with Crippen LogP contribution < -0.4 is 20.1 Å². The molecule has 2 aliphatic rings. The number of aromatic nitrogens is 2. The number of benzene rings is 2. The van der Waals surface area contributed by atoms with Crippen LogP contribution in [-0.2, 0) is 11.3 Å². The fraction of sp³-hybridized carbons (Fsp3) is 0.250. The lowest BCUT2D eigenvalue weighted by Gasteiger charge is -2.37. The molecular weight excluding hydrogens is 567 g/mol. The number of methoxy groups -OCH3 is 1. The van der Waals surface area contributed by atoms with Gasteiger partial charge in [-0.25, -0.2) is 4.98 Å². The van der Waals surface area contributed by atoms with E-state index < -0.39 is 0 Å². The minimum absolute atomic E-state index is 0.199. The monoisotopic (exact) mass is 597 g/mol. The molecule has 0 aliphatic carbocycles. The van der Waals surface area contributed by atoms with Crippen molar-refractivity contribution in [3.05, 3.63) is 104 Å². The number of piperazine rings is 1. The summed E-state index contributed by atoms with van der Waals surface area (Å²) in [7, 11) is 1.66. The molecular formula is C32H31N5O3S2. The number of pyridine rings is 1. The summed E-state index contributed by atoms with van der Waals surface area (Å²) in [6, 6.07) is 19.9. The molecule has 0 radical (unpaired) electrons. The van der Waals surface area contributed by atoms with Crippen molar-refractivity contribution in [2.45, 2.75) is 20.4 Å². The molecule has 2 aliphatic heterocycles. The smallest absolute Gasteiger partial charge is 0.267 e. The first kappa shape index (κ1) is 28.0. The number of hydrogen-bond donors (Lipinski definition) is 0. The summed E-state index contributed by atoms with van der Waals surface area (Å²) in [5.74, 6) is 1.21. The number of rotatable bonds is 6. The molecule has 0 atom stereocenters. The van der Waals surface area contributed by atoms with Gasteiger partial charge in [0, 0.05) is 38.1 Å². The molecule has 4 heterocycles. The molecule has 1 amide bonds. The number of nitrogens with zero attached hydrogens (tertiary/aromatic N) is 5. The lowest BCUT2D eigenvalue weighted by molar-refractivity contribution is -0.122. The molecule has 0 saturated carbocycles. The van der Waals surface area contributed by atoms with Crippen molar-refractivity contribution in [3.63, 3.8) is 0 Å². The molecule has 6 rings (SSSR count). The maximum absolute atomic E-state index is 13.9. The van der Waals surface area contributed by atoms with Crippen molar-refractivity contribution in [1.29, 1.82) is 0 Å². The topological polar surface area (TPSA) is 70.4 Å². The van der Waals surface area contributed by atoms with Crippen molar-refractivity contribution < 1.29 is 9.53 Å². The Morgan fingerprint density at radius 1 is 0.952 bits per heavy atom. The van der Waals surface area contributed by atoms with Crippen molar-refractivity contribution in [2.75, 3.05) is 43.1 Å². The van der Waals surface area contributed by atoms with Crippen LogP contribution >= 0.6 is 24.0 Å². The third kappa shape index (κ3) is 5.39. The maximum Gasteiger partial charge on any atom is 0.267 e. The Bertz CT molecular complexity index is 1760. The van der Waals surface area contributed by atoms with Crippen LogP contribution in [0, 0.1) is 13.8 Å². The first-order chi connectivity index (χ1) is 20.3. The second kappa shape index (κ2) is 11.6. The predicted octanol–water partition coefficient (Wildman–Crippen LogP) is 5.05. The fourth-order valence-corrected chi connectivity index (χ4v) is 6.52. The highest BCUT2D eigenvalue weighted by molar-refractivity contribution is 8.26. The standard InChI is InChI=1S/C32H31N5O3S2/c1-21-6-8-23(9-7-21)20-37-31(39)27(42-32(37)41)19-26-29(33-28-22(2)5-4-14-36(28)30(26)38)35-17-15-34(16-18-35)24-10-12-25(40-3)13-11-24/h4-14,19H,15-18,20H2,1-3H3/b27-19-. The minimum atomic E-state index is -0.208. The average Bonchev–Trinajstić information content (AvgIpc) is 3.27. The Morgan fingerprint density at radius 3 is 2.33 bits per heavy atom. The molecule has 214 valence electrons. The lowest BCUT2D eigenvalue weighted by atomic mass is 10.1. The van der Waals surface area contributed by atoms with E-state index in [1.165, 1.54) is 11.8 Å². The molecule has 10 heteroatoms. The molecule has 0 unspecified atom stereocenters. The Morgan fingerprint density at radius 2 is 1.64 bits per heavy atom. The molecule has 2 saturated heterocycles. The number of carbonyl (C=O) groups excluding carboxylic acids is 1. The van der Waals surface area contributed by atoms with Crippen LogP contribution in [0.3, 0.4) is 0 Å². The van der Waals surface area contributed by atoms with Gasteiger partial charge in [-0.05, 0) is 61.4 Å². The van der Waals surface area contributed by atoms with Crippen molar-refractivity contribution in [1.82, 2.24) is 14.3 Å². The highest BCUT2D eigenvalue weighted by Crippen LogP contribution is 2.35. The SMILES string of the molecule is COc1ccc(N2CCN(c3nc4c(C)cccn4c(=O)c3/C=C3\SC(=S)N(Cc4ccc(C)cc4)C3=O)CC2)cc1. The zero-order chi connectivity index (χ0) is 29.4. The van der Waals surface area contributed by atoms with Crippen molar-refractivity contribution >= 4 is 57.4 Å². The van der Waals surface area contributed by atoms with E-state index in [1.54, 1.807) is 28.7 Å². The number of fused-ring (bicyclic) bond motifs is 1. The summed E-state index contributed by atoms with van der Waals surface area (Å²) in [5.41, 5.74) is 4.97. The van der Waals surface area contributed by atoms with E-state index in [2.05, 4.69) is 21.9 Å². The summed E-state index contributed by atoms with van der Waals surface area (Å²) in [5, 5.41) is 0. The van der Waals surface area contributed by atoms with Gasteiger partial charge in [0.25, 0.3) is 11.5 Å². The highest BCUT2D eigenvalue weighted by Gasteiger charge is 2.33. The molecule has 2 fully saturated rings. The molecule has 2 aromatic carbocycles. The van der Waals surface area contributed by atoms with Gasteiger partial charge in [0.1, 0.15) is 21.5 Å². The van der Waals surface area contributed by atoms with E-state index in [-0.39, 0.29) is 11.5 Å². The summed E-state index contributed by atoms with van der Waals surface area (Å²) >= 11 is 6.83. The quantitative estimate of drug-likeness (QED) is 0.226. The molecule has 0 spiro atoms. The van der Waals surface area contributed by atoms with Crippen LogP contribution in [-0.4, -0.2) is 57.8 Å². The van der Waals surface area contributed by atoms with E-state index in [0.29, 0.717) is 45.9 Å². The molecule has 2 aromatic heterocycles.